The second kappa shape index (κ2) is 6.29. The normalized spacial score (nSPS) is 10.4. The first-order valence-electron chi connectivity index (χ1n) is 5.84. The number of hydrogen-bond acceptors (Lipinski definition) is 5. The Morgan fingerprint density at radius 3 is 3.05 bits per heavy atom. The number of nitrogens with two attached hydrogens (primary N) is 1. The lowest BCUT2D eigenvalue weighted by Gasteiger charge is -2.05. The molecule has 100 valence electrons. The molecule has 6 heteroatoms. The summed E-state index contributed by atoms with van der Waals surface area (Å²) in [5, 5.41) is 3.38. The number of rotatable bonds is 5. The molecule has 0 saturated heterocycles. The lowest BCUT2D eigenvalue weighted by atomic mass is 10.3. The summed E-state index contributed by atoms with van der Waals surface area (Å²) in [5.74, 6) is 0.565. The molecule has 2 rings (SSSR count). The number of carbonyl (C=O) groups is 1. The predicted octanol–water partition coefficient (Wildman–Crippen LogP) is 2.69. The van der Waals surface area contributed by atoms with Crippen molar-refractivity contribution in [2.75, 3.05) is 16.8 Å². The van der Waals surface area contributed by atoms with Gasteiger partial charge in [0.05, 0.1) is 5.69 Å². The number of amides is 1. The molecule has 0 atom stereocenters. The van der Waals surface area contributed by atoms with Crippen molar-refractivity contribution in [2.45, 2.75) is 18.6 Å². The van der Waals surface area contributed by atoms with Gasteiger partial charge in [0.15, 0.2) is 0 Å². The molecule has 3 N–H and O–H groups in total. The van der Waals surface area contributed by atoms with Gasteiger partial charge in [-0.25, -0.2) is 4.98 Å². The van der Waals surface area contributed by atoms with Crippen LogP contribution in [0.5, 0.6) is 0 Å². The number of anilines is 2. The maximum absolute atomic E-state index is 11.7. The summed E-state index contributed by atoms with van der Waals surface area (Å²) in [7, 11) is 0. The number of oxazole rings is 1. The molecular formula is C13H15N3O2S. The van der Waals surface area contributed by atoms with Crippen LogP contribution in [0.25, 0.3) is 0 Å². The highest BCUT2D eigenvalue weighted by Gasteiger charge is 2.06. The smallest absolute Gasteiger partial charge is 0.255 e. The monoisotopic (exact) mass is 277 g/mol. The van der Waals surface area contributed by atoms with Crippen LogP contribution < -0.4 is 11.1 Å². The highest BCUT2D eigenvalue weighted by atomic mass is 32.2. The van der Waals surface area contributed by atoms with Crippen LogP contribution in [-0.2, 0) is 4.79 Å². The number of benzene rings is 1. The van der Waals surface area contributed by atoms with E-state index < -0.39 is 0 Å². The lowest BCUT2D eigenvalue weighted by molar-refractivity contribution is -0.115. The molecule has 1 amide bonds. The fraction of sp³-hybridized carbons (Fsp3) is 0.231. The number of thioether (sulfide) groups is 1. The van der Waals surface area contributed by atoms with Crippen LogP contribution in [0.3, 0.4) is 0 Å². The maximum atomic E-state index is 11.7. The van der Waals surface area contributed by atoms with Crippen molar-refractivity contribution in [1.29, 1.82) is 0 Å². The van der Waals surface area contributed by atoms with Crippen molar-refractivity contribution in [2.24, 2.45) is 0 Å². The van der Waals surface area contributed by atoms with Crippen molar-refractivity contribution >= 4 is 29.0 Å². The fourth-order valence-corrected chi connectivity index (χ4v) is 2.26. The Bertz CT molecular complexity index is 569. The number of aryl methyl sites for hydroxylation is 1. The summed E-state index contributed by atoms with van der Waals surface area (Å²) in [6.45, 7) is 1.86. The third kappa shape index (κ3) is 4.33. The van der Waals surface area contributed by atoms with Gasteiger partial charge >= 0.3 is 0 Å². The maximum Gasteiger partial charge on any atom is 0.255 e. The topological polar surface area (TPSA) is 81.2 Å². The zero-order valence-corrected chi connectivity index (χ0v) is 11.4. The Kier molecular flexibility index (Phi) is 4.46. The average Bonchev–Trinajstić information content (AvgIpc) is 2.75. The Labute approximate surface area is 115 Å². The van der Waals surface area contributed by atoms with Crippen LogP contribution in [0.1, 0.15) is 12.1 Å². The van der Waals surface area contributed by atoms with Gasteiger partial charge in [0, 0.05) is 23.5 Å². The first kappa shape index (κ1) is 13.5. The highest BCUT2D eigenvalue weighted by molar-refractivity contribution is 7.99. The van der Waals surface area contributed by atoms with Crippen LogP contribution in [-0.4, -0.2) is 16.6 Å². The predicted molar refractivity (Wildman–Crippen MR) is 76.1 cm³/mol. The van der Waals surface area contributed by atoms with Crippen LogP contribution in [0.4, 0.5) is 11.4 Å². The number of nitrogens with zero attached hydrogens (tertiary/aromatic N) is 1. The summed E-state index contributed by atoms with van der Waals surface area (Å²) < 4.78 is 5.18. The molecule has 19 heavy (non-hydrogen) atoms. The second-order valence-electron chi connectivity index (χ2n) is 4.03. The molecule has 0 spiro atoms. The fourth-order valence-electron chi connectivity index (χ4n) is 1.47. The first-order valence-corrected chi connectivity index (χ1v) is 6.82. The van der Waals surface area contributed by atoms with E-state index in [-0.39, 0.29) is 5.91 Å². The SMILES string of the molecule is Cc1coc(SCCC(=O)Nc2cccc(N)c2)n1. The van der Waals surface area contributed by atoms with E-state index in [1.165, 1.54) is 11.8 Å². The summed E-state index contributed by atoms with van der Waals surface area (Å²) in [4.78, 5) is 15.9. The van der Waals surface area contributed by atoms with E-state index in [0.717, 1.165) is 5.69 Å². The van der Waals surface area contributed by atoms with E-state index in [4.69, 9.17) is 10.2 Å². The number of nitrogen functional groups attached to an aromatic ring is 1. The summed E-state index contributed by atoms with van der Waals surface area (Å²) in [6, 6.07) is 7.10. The van der Waals surface area contributed by atoms with Crippen LogP contribution >= 0.6 is 11.8 Å². The van der Waals surface area contributed by atoms with Gasteiger partial charge in [-0.15, -0.1) is 0 Å². The molecule has 1 aromatic heterocycles. The third-order valence-corrected chi connectivity index (χ3v) is 3.17. The van der Waals surface area contributed by atoms with Crippen LogP contribution in [0.2, 0.25) is 0 Å². The van der Waals surface area contributed by atoms with E-state index in [9.17, 15) is 4.79 Å². The van der Waals surface area contributed by atoms with Crippen molar-refractivity contribution in [1.82, 2.24) is 4.98 Å². The minimum absolute atomic E-state index is 0.0543. The molecule has 0 fully saturated rings. The minimum Gasteiger partial charge on any atom is -0.440 e. The van der Waals surface area contributed by atoms with Crippen molar-refractivity contribution in [3.05, 3.63) is 36.2 Å². The van der Waals surface area contributed by atoms with Gasteiger partial charge in [0.2, 0.25) is 5.91 Å². The molecule has 0 bridgehead atoms. The Morgan fingerprint density at radius 1 is 1.53 bits per heavy atom. The molecule has 1 heterocycles. The van der Waals surface area contributed by atoms with Gasteiger partial charge in [0.1, 0.15) is 6.26 Å². The lowest BCUT2D eigenvalue weighted by Crippen LogP contribution is -2.12. The quantitative estimate of drug-likeness (QED) is 0.648. The Hall–Kier alpha value is -1.95. The highest BCUT2D eigenvalue weighted by Crippen LogP contribution is 2.18. The molecule has 0 radical (unpaired) electrons. The first-order chi connectivity index (χ1) is 9.13. The molecule has 2 aromatic rings. The summed E-state index contributed by atoms with van der Waals surface area (Å²) in [6.07, 6.45) is 1.98. The number of hydrogen-bond donors (Lipinski definition) is 2. The van der Waals surface area contributed by atoms with Gasteiger partial charge in [-0.3, -0.25) is 4.79 Å². The van der Waals surface area contributed by atoms with Gasteiger partial charge in [-0.2, -0.15) is 0 Å². The van der Waals surface area contributed by atoms with Crippen molar-refractivity contribution < 1.29 is 9.21 Å². The second-order valence-corrected chi connectivity index (χ2v) is 5.07. The van der Waals surface area contributed by atoms with Crippen molar-refractivity contribution in [3.8, 4) is 0 Å². The summed E-state index contributed by atoms with van der Waals surface area (Å²) in [5.41, 5.74) is 7.81. The summed E-state index contributed by atoms with van der Waals surface area (Å²) >= 11 is 1.42. The zero-order valence-electron chi connectivity index (χ0n) is 10.6. The molecule has 0 unspecified atom stereocenters. The Morgan fingerprint density at radius 2 is 2.37 bits per heavy atom. The molecule has 0 aliphatic rings. The van der Waals surface area contributed by atoms with Gasteiger partial charge < -0.3 is 15.5 Å². The largest absolute Gasteiger partial charge is 0.440 e. The molecule has 0 aliphatic heterocycles. The standard InChI is InChI=1S/C13H15N3O2S/c1-9-8-18-13(15-9)19-6-5-12(17)16-11-4-2-3-10(14)7-11/h2-4,7-8H,5-6,14H2,1H3,(H,16,17). The van der Waals surface area contributed by atoms with Gasteiger partial charge in [-0.05, 0) is 25.1 Å². The minimum atomic E-state index is -0.0543. The van der Waals surface area contributed by atoms with Gasteiger partial charge in [-0.1, -0.05) is 17.8 Å². The number of nitrogens with one attached hydrogen (secondary N) is 1. The average molecular weight is 277 g/mol. The Balaban J connectivity index is 1.76. The van der Waals surface area contributed by atoms with Crippen LogP contribution in [0, 0.1) is 6.92 Å². The number of carbonyl (C=O) groups excluding carboxylic acids is 1. The van der Waals surface area contributed by atoms with E-state index in [2.05, 4.69) is 10.3 Å². The zero-order chi connectivity index (χ0) is 13.7. The van der Waals surface area contributed by atoms with Crippen LogP contribution in [0.15, 0.2) is 40.2 Å². The molecule has 1 aromatic carbocycles. The van der Waals surface area contributed by atoms with Gasteiger partial charge in [0.25, 0.3) is 5.22 Å². The van der Waals surface area contributed by atoms with Crippen molar-refractivity contribution in [3.63, 3.8) is 0 Å². The van der Waals surface area contributed by atoms with E-state index in [1.807, 2.05) is 6.92 Å². The molecule has 0 saturated carbocycles. The molecule has 0 aliphatic carbocycles. The number of aromatic nitrogens is 1. The third-order valence-electron chi connectivity index (χ3n) is 2.32. The molecule has 5 nitrogen and oxygen atoms in total. The van der Waals surface area contributed by atoms with E-state index >= 15 is 0 Å². The molecular weight excluding hydrogens is 262 g/mol. The van der Waals surface area contributed by atoms with E-state index in [0.29, 0.717) is 28.8 Å². The van der Waals surface area contributed by atoms with E-state index in [1.54, 1.807) is 30.5 Å².